The normalized spacial score (nSPS) is 18.5. The van der Waals surface area contributed by atoms with E-state index in [4.69, 9.17) is 4.74 Å². The molecule has 0 bridgehead atoms. The summed E-state index contributed by atoms with van der Waals surface area (Å²) in [7, 11) is 0. The Kier molecular flexibility index (Phi) is 8.87. The van der Waals surface area contributed by atoms with E-state index in [2.05, 4.69) is 69.2 Å². The van der Waals surface area contributed by atoms with Crippen LogP contribution < -0.4 is 0 Å². The zero-order chi connectivity index (χ0) is 18.4. The van der Waals surface area contributed by atoms with Crippen LogP contribution in [0.25, 0.3) is 0 Å². The highest BCUT2D eigenvalue weighted by molar-refractivity contribution is 4.86. The zero-order valence-electron chi connectivity index (χ0n) is 18.1. The summed E-state index contributed by atoms with van der Waals surface area (Å²) in [4.78, 5) is 0. The van der Waals surface area contributed by atoms with Crippen LogP contribution in [0.15, 0.2) is 0 Å². The first-order valence-electron chi connectivity index (χ1n) is 9.94. The summed E-state index contributed by atoms with van der Waals surface area (Å²) in [5.41, 5.74) is 0.795. The van der Waals surface area contributed by atoms with Gasteiger partial charge in [0.15, 0.2) is 0 Å². The van der Waals surface area contributed by atoms with Crippen LogP contribution in [0.4, 0.5) is 0 Å². The molecule has 0 saturated heterocycles. The molecule has 0 N–H and O–H groups in total. The fraction of sp³-hybridized carbons (Fsp3) is 1.00. The fourth-order valence-corrected chi connectivity index (χ4v) is 3.39. The van der Waals surface area contributed by atoms with E-state index in [1.807, 2.05) is 0 Å². The van der Waals surface area contributed by atoms with E-state index in [0.29, 0.717) is 10.8 Å². The summed E-state index contributed by atoms with van der Waals surface area (Å²) >= 11 is 0. The maximum Gasteiger partial charge on any atom is 0.0662 e. The molecule has 1 heteroatoms. The third kappa shape index (κ3) is 11.2. The molecule has 0 aliphatic heterocycles. The third-order valence-electron chi connectivity index (χ3n) is 4.86. The molecule has 0 fully saturated rings. The minimum absolute atomic E-state index is 0.0177. The minimum atomic E-state index is 0.0177. The Morgan fingerprint density at radius 3 is 1.00 bits per heavy atom. The van der Waals surface area contributed by atoms with Crippen molar-refractivity contribution in [2.45, 2.75) is 132 Å². The molecule has 0 aromatic rings. The van der Waals surface area contributed by atoms with Gasteiger partial charge >= 0.3 is 0 Å². The predicted octanol–water partition coefficient (Wildman–Crippen LogP) is 7.77. The van der Waals surface area contributed by atoms with Crippen LogP contribution in [0.1, 0.15) is 121 Å². The van der Waals surface area contributed by atoms with Gasteiger partial charge in [-0.3, -0.25) is 0 Å². The summed E-state index contributed by atoms with van der Waals surface area (Å²) in [6, 6.07) is 0. The molecule has 0 rings (SSSR count). The zero-order valence-corrected chi connectivity index (χ0v) is 18.1. The van der Waals surface area contributed by atoms with Crippen molar-refractivity contribution >= 4 is 0 Å². The molecular formula is C22H46O. The molecule has 0 aromatic heterocycles. The Morgan fingerprint density at radius 2 is 0.783 bits per heavy atom. The fourth-order valence-electron chi connectivity index (χ4n) is 3.39. The van der Waals surface area contributed by atoms with Gasteiger partial charge < -0.3 is 4.74 Å². The molecule has 1 nitrogen and oxygen atoms in total. The van der Waals surface area contributed by atoms with Crippen molar-refractivity contribution in [3.8, 4) is 0 Å². The monoisotopic (exact) mass is 326 g/mol. The number of ether oxygens (including phenoxy) is 1. The van der Waals surface area contributed by atoms with Crippen LogP contribution in [0.2, 0.25) is 0 Å². The first-order valence-corrected chi connectivity index (χ1v) is 9.94. The second kappa shape index (κ2) is 8.88. The van der Waals surface area contributed by atoms with Gasteiger partial charge in [0.25, 0.3) is 0 Å². The molecule has 0 heterocycles. The molecule has 0 amide bonds. The highest BCUT2D eigenvalue weighted by atomic mass is 16.5. The van der Waals surface area contributed by atoms with Crippen molar-refractivity contribution in [3.05, 3.63) is 0 Å². The van der Waals surface area contributed by atoms with E-state index in [1.165, 1.54) is 38.5 Å². The maximum atomic E-state index is 6.90. The molecule has 0 aliphatic carbocycles. The highest BCUT2D eigenvalue weighted by Gasteiger charge is 2.36. The van der Waals surface area contributed by atoms with Crippen LogP contribution in [0, 0.1) is 10.8 Å². The number of hydrogen-bond donors (Lipinski definition) is 0. The standard InChI is InChI=1S/C22H46O/c1-11-13-21(9,17-15-19(3,4)5)23-22(10,14-12-2)18-16-20(6,7)8/h11-18H2,1-10H3. The molecule has 0 radical (unpaired) electrons. The molecule has 23 heavy (non-hydrogen) atoms. The Balaban J connectivity index is 5.05. The molecule has 0 aromatic carbocycles. The summed E-state index contributed by atoms with van der Waals surface area (Å²) in [5, 5.41) is 0. The molecule has 0 saturated carbocycles. The van der Waals surface area contributed by atoms with Crippen LogP contribution >= 0.6 is 0 Å². The maximum absolute atomic E-state index is 6.90. The van der Waals surface area contributed by atoms with Crippen LogP contribution in [0.5, 0.6) is 0 Å². The first kappa shape index (κ1) is 23.0. The van der Waals surface area contributed by atoms with Crippen LogP contribution in [0.3, 0.4) is 0 Å². The number of hydrogen-bond acceptors (Lipinski definition) is 1. The van der Waals surface area contributed by atoms with E-state index >= 15 is 0 Å². The number of rotatable bonds is 10. The van der Waals surface area contributed by atoms with E-state index < -0.39 is 0 Å². The lowest BCUT2D eigenvalue weighted by Crippen LogP contribution is -2.42. The van der Waals surface area contributed by atoms with E-state index in [0.717, 1.165) is 12.8 Å². The van der Waals surface area contributed by atoms with Crippen molar-refractivity contribution in [2.75, 3.05) is 0 Å². The molecule has 0 spiro atoms. The van der Waals surface area contributed by atoms with Gasteiger partial charge in [-0.2, -0.15) is 0 Å². The Bertz CT molecular complexity index is 288. The SMILES string of the molecule is CCCC(C)(CCC(C)(C)C)OC(C)(CCC)CCC(C)(C)C. The van der Waals surface area contributed by atoms with Gasteiger partial charge in [-0.25, -0.2) is 0 Å². The van der Waals surface area contributed by atoms with Gasteiger partial charge in [-0.1, -0.05) is 68.2 Å². The molecule has 140 valence electrons. The van der Waals surface area contributed by atoms with Crippen molar-refractivity contribution < 1.29 is 4.74 Å². The predicted molar refractivity (Wildman–Crippen MR) is 105 cm³/mol. The highest BCUT2D eigenvalue weighted by Crippen LogP contribution is 2.38. The third-order valence-corrected chi connectivity index (χ3v) is 4.86. The minimum Gasteiger partial charge on any atom is -0.369 e. The van der Waals surface area contributed by atoms with Crippen molar-refractivity contribution in [1.82, 2.24) is 0 Å². The van der Waals surface area contributed by atoms with E-state index in [-0.39, 0.29) is 11.2 Å². The first-order chi connectivity index (χ1) is 10.2. The van der Waals surface area contributed by atoms with Gasteiger partial charge in [0.05, 0.1) is 11.2 Å². The topological polar surface area (TPSA) is 9.23 Å². The van der Waals surface area contributed by atoms with E-state index in [1.54, 1.807) is 0 Å². The van der Waals surface area contributed by atoms with Crippen molar-refractivity contribution in [2.24, 2.45) is 10.8 Å². The lowest BCUT2D eigenvalue weighted by Gasteiger charge is -2.43. The largest absolute Gasteiger partial charge is 0.369 e. The Labute approximate surface area is 148 Å². The van der Waals surface area contributed by atoms with Gasteiger partial charge in [0.2, 0.25) is 0 Å². The summed E-state index contributed by atoms with van der Waals surface area (Å²) in [6.45, 7) is 23.3. The van der Waals surface area contributed by atoms with Gasteiger partial charge in [-0.05, 0) is 63.2 Å². The van der Waals surface area contributed by atoms with Gasteiger partial charge in [-0.15, -0.1) is 0 Å². The van der Waals surface area contributed by atoms with Crippen molar-refractivity contribution in [1.29, 1.82) is 0 Å². The summed E-state index contributed by atoms with van der Waals surface area (Å²) in [6.07, 6.45) is 9.51. The second-order valence-corrected chi connectivity index (χ2v) is 10.6. The van der Waals surface area contributed by atoms with Crippen molar-refractivity contribution in [3.63, 3.8) is 0 Å². The van der Waals surface area contributed by atoms with Crippen LogP contribution in [-0.4, -0.2) is 11.2 Å². The van der Waals surface area contributed by atoms with Crippen LogP contribution in [-0.2, 0) is 4.74 Å². The molecule has 0 aliphatic rings. The summed E-state index contributed by atoms with van der Waals surface area (Å²) < 4.78 is 6.90. The lowest BCUT2D eigenvalue weighted by molar-refractivity contribution is -0.160. The van der Waals surface area contributed by atoms with Gasteiger partial charge in [0, 0.05) is 0 Å². The lowest BCUT2D eigenvalue weighted by atomic mass is 9.81. The Hall–Kier alpha value is -0.0400. The Morgan fingerprint density at radius 1 is 0.478 bits per heavy atom. The molecular weight excluding hydrogens is 280 g/mol. The molecule has 2 unspecified atom stereocenters. The smallest absolute Gasteiger partial charge is 0.0662 e. The average molecular weight is 327 g/mol. The second-order valence-electron chi connectivity index (χ2n) is 10.6. The van der Waals surface area contributed by atoms with E-state index in [9.17, 15) is 0 Å². The average Bonchev–Trinajstić information content (AvgIpc) is 2.33. The molecule has 2 atom stereocenters. The van der Waals surface area contributed by atoms with Gasteiger partial charge in [0.1, 0.15) is 0 Å². The summed E-state index contributed by atoms with van der Waals surface area (Å²) in [5.74, 6) is 0. The quantitative estimate of drug-likeness (QED) is 0.398.